The third kappa shape index (κ3) is 3.53. The van der Waals surface area contributed by atoms with Crippen molar-refractivity contribution >= 4 is 34.5 Å². The van der Waals surface area contributed by atoms with Gasteiger partial charge in [0.25, 0.3) is 11.5 Å². The van der Waals surface area contributed by atoms with Crippen LogP contribution in [0.25, 0.3) is 10.9 Å². The first kappa shape index (κ1) is 19.0. The van der Waals surface area contributed by atoms with Gasteiger partial charge in [0.15, 0.2) is 0 Å². The quantitative estimate of drug-likeness (QED) is 0.715. The Hall–Kier alpha value is -2.35. The van der Waals surface area contributed by atoms with Crippen LogP contribution in [-0.4, -0.2) is 57.5 Å². The third-order valence-corrected chi connectivity index (χ3v) is 6.54. The zero-order valence-electron chi connectivity index (χ0n) is 15.8. The van der Waals surface area contributed by atoms with Crippen molar-refractivity contribution in [3.63, 3.8) is 0 Å². The molecule has 0 radical (unpaired) electrons. The fourth-order valence-corrected chi connectivity index (χ4v) is 4.97. The molecule has 1 fully saturated rings. The van der Waals surface area contributed by atoms with Crippen LogP contribution in [0, 0.1) is 0 Å². The molecule has 8 heteroatoms. The lowest BCUT2D eigenvalue weighted by Gasteiger charge is -2.31. The van der Waals surface area contributed by atoms with E-state index in [4.69, 9.17) is 9.72 Å². The number of amides is 1. The van der Waals surface area contributed by atoms with Crippen molar-refractivity contribution < 1.29 is 14.3 Å². The molecular weight excluding hydrogens is 378 g/mol. The zero-order valence-corrected chi connectivity index (χ0v) is 16.7. The van der Waals surface area contributed by atoms with Gasteiger partial charge in [-0.3, -0.25) is 19.0 Å². The lowest BCUT2D eigenvalue weighted by atomic mass is 10.1. The number of thioether (sulfide) groups is 1. The maximum absolute atomic E-state index is 13.0. The topological polar surface area (TPSA) is 81.5 Å². The second-order valence-electron chi connectivity index (χ2n) is 7.16. The van der Waals surface area contributed by atoms with Crippen LogP contribution in [0.5, 0.6) is 0 Å². The number of carbonyl (C=O) groups is 2. The molecule has 0 bridgehead atoms. The second-order valence-corrected chi connectivity index (χ2v) is 8.47. The number of hydrogen-bond acceptors (Lipinski definition) is 6. The van der Waals surface area contributed by atoms with Crippen molar-refractivity contribution in [3.05, 3.63) is 39.9 Å². The Morgan fingerprint density at radius 3 is 2.89 bits per heavy atom. The molecule has 28 heavy (non-hydrogen) atoms. The van der Waals surface area contributed by atoms with E-state index in [0.717, 1.165) is 31.5 Å². The molecule has 7 nitrogen and oxygen atoms in total. The van der Waals surface area contributed by atoms with Gasteiger partial charge < -0.3 is 9.64 Å². The molecule has 2 aromatic rings. The maximum atomic E-state index is 13.0. The minimum Gasteiger partial charge on any atom is -0.468 e. The van der Waals surface area contributed by atoms with Crippen LogP contribution in [0.4, 0.5) is 0 Å². The van der Waals surface area contributed by atoms with Gasteiger partial charge >= 0.3 is 5.97 Å². The van der Waals surface area contributed by atoms with Crippen molar-refractivity contribution in [2.75, 3.05) is 26.0 Å². The molecule has 1 amide bonds. The molecule has 148 valence electrons. The summed E-state index contributed by atoms with van der Waals surface area (Å²) in [6.07, 6.45) is 3.90. The highest BCUT2D eigenvalue weighted by Crippen LogP contribution is 2.22. The highest BCUT2D eigenvalue weighted by molar-refractivity contribution is 8.00. The van der Waals surface area contributed by atoms with E-state index in [2.05, 4.69) is 0 Å². The number of ether oxygens (including phenoxy) is 1. The van der Waals surface area contributed by atoms with E-state index < -0.39 is 0 Å². The summed E-state index contributed by atoms with van der Waals surface area (Å²) in [6, 6.07) is 5.10. The van der Waals surface area contributed by atoms with Gasteiger partial charge in [0.05, 0.1) is 18.0 Å². The highest BCUT2D eigenvalue weighted by atomic mass is 32.2. The summed E-state index contributed by atoms with van der Waals surface area (Å²) in [5.74, 6) is 1.04. The Morgan fingerprint density at radius 2 is 2.07 bits per heavy atom. The number of nitrogens with zero attached hydrogens (tertiary/aromatic N) is 3. The number of aryl methyl sites for hydroxylation is 1. The second kappa shape index (κ2) is 7.95. The summed E-state index contributed by atoms with van der Waals surface area (Å²) in [4.78, 5) is 44.0. The van der Waals surface area contributed by atoms with Crippen LogP contribution in [-0.2, 0) is 22.5 Å². The molecular formula is C20H23N3O4S. The molecule has 1 aromatic carbocycles. The Kier molecular flexibility index (Phi) is 5.39. The SMILES string of the molecule is COC(=O)[C@@H]1CN(C(=O)c2ccc3c(=O)n4c(nc3c2)CCCCC4)CCS1. The van der Waals surface area contributed by atoms with Crippen LogP contribution in [0.2, 0.25) is 0 Å². The van der Waals surface area contributed by atoms with E-state index in [9.17, 15) is 14.4 Å². The van der Waals surface area contributed by atoms with Gasteiger partial charge in [-0.05, 0) is 31.0 Å². The number of carbonyl (C=O) groups excluding carboxylic acids is 2. The minimum absolute atomic E-state index is 0.0268. The van der Waals surface area contributed by atoms with Crippen molar-refractivity contribution in [3.8, 4) is 0 Å². The number of rotatable bonds is 2. The van der Waals surface area contributed by atoms with Gasteiger partial charge in [-0.15, -0.1) is 11.8 Å². The number of benzene rings is 1. The van der Waals surface area contributed by atoms with E-state index >= 15 is 0 Å². The van der Waals surface area contributed by atoms with Crippen LogP contribution in [0.3, 0.4) is 0 Å². The molecule has 4 rings (SSSR count). The number of esters is 1. The first-order valence-electron chi connectivity index (χ1n) is 9.60. The van der Waals surface area contributed by atoms with Crippen LogP contribution in [0.1, 0.15) is 35.4 Å². The van der Waals surface area contributed by atoms with Crippen molar-refractivity contribution in [2.24, 2.45) is 0 Å². The third-order valence-electron chi connectivity index (χ3n) is 5.38. The predicted octanol–water partition coefficient (Wildman–Crippen LogP) is 1.85. The molecule has 0 saturated carbocycles. The van der Waals surface area contributed by atoms with Crippen molar-refractivity contribution in [1.29, 1.82) is 0 Å². The number of aromatic nitrogens is 2. The predicted molar refractivity (Wildman–Crippen MR) is 108 cm³/mol. The molecule has 0 spiro atoms. The number of fused-ring (bicyclic) bond motifs is 2. The Morgan fingerprint density at radius 1 is 1.21 bits per heavy atom. The van der Waals surface area contributed by atoms with Gasteiger partial charge in [0.1, 0.15) is 11.1 Å². The standard InChI is InChI=1S/C20H23N3O4S/c1-27-20(26)16-12-22(9-10-28-16)18(24)13-6-7-14-15(11-13)21-17-5-3-2-4-8-23(17)19(14)25/h6-7,11,16H,2-5,8-10,12H2,1H3/t16-/m0/s1. The largest absolute Gasteiger partial charge is 0.468 e. The van der Waals surface area contributed by atoms with Gasteiger partial charge in [0, 0.05) is 37.4 Å². The summed E-state index contributed by atoms with van der Waals surface area (Å²) >= 11 is 1.51. The summed E-state index contributed by atoms with van der Waals surface area (Å²) < 4.78 is 6.59. The lowest BCUT2D eigenvalue weighted by Crippen LogP contribution is -2.45. The molecule has 1 atom stereocenters. The molecule has 2 aliphatic rings. The normalized spacial score (nSPS) is 19.8. The van der Waals surface area contributed by atoms with E-state index in [1.807, 2.05) is 0 Å². The Balaban J connectivity index is 1.65. The lowest BCUT2D eigenvalue weighted by molar-refractivity contribution is -0.140. The fourth-order valence-electron chi connectivity index (χ4n) is 3.84. The van der Waals surface area contributed by atoms with Crippen LogP contribution < -0.4 is 5.56 Å². The first-order valence-corrected chi connectivity index (χ1v) is 10.7. The van der Waals surface area contributed by atoms with E-state index in [-0.39, 0.29) is 22.7 Å². The smallest absolute Gasteiger partial charge is 0.320 e. The zero-order chi connectivity index (χ0) is 19.7. The van der Waals surface area contributed by atoms with Gasteiger partial charge in [-0.25, -0.2) is 4.98 Å². The molecule has 1 saturated heterocycles. The summed E-state index contributed by atoms with van der Waals surface area (Å²) in [7, 11) is 1.36. The average Bonchev–Trinajstić information content (AvgIpc) is 2.98. The average molecular weight is 401 g/mol. The summed E-state index contributed by atoms with van der Waals surface area (Å²) in [5, 5.41) is 0.186. The molecule has 0 N–H and O–H groups in total. The monoisotopic (exact) mass is 401 g/mol. The van der Waals surface area contributed by atoms with Crippen LogP contribution in [0.15, 0.2) is 23.0 Å². The highest BCUT2D eigenvalue weighted by Gasteiger charge is 2.30. The molecule has 0 unspecified atom stereocenters. The van der Waals surface area contributed by atoms with Gasteiger partial charge in [-0.2, -0.15) is 0 Å². The Bertz CT molecular complexity index is 987. The molecule has 3 heterocycles. The fraction of sp³-hybridized carbons (Fsp3) is 0.500. The molecule has 1 aromatic heterocycles. The Labute approximate surface area is 167 Å². The minimum atomic E-state index is -0.360. The van der Waals surface area contributed by atoms with Gasteiger partial charge in [0.2, 0.25) is 0 Å². The van der Waals surface area contributed by atoms with E-state index in [0.29, 0.717) is 41.9 Å². The summed E-state index contributed by atoms with van der Waals surface area (Å²) in [6.45, 7) is 1.61. The number of methoxy groups -OCH3 is 1. The summed E-state index contributed by atoms with van der Waals surface area (Å²) in [5.41, 5.74) is 1.04. The maximum Gasteiger partial charge on any atom is 0.320 e. The first-order chi connectivity index (χ1) is 13.6. The van der Waals surface area contributed by atoms with Crippen LogP contribution >= 0.6 is 11.8 Å². The van der Waals surface area contributed by atoms with Gasteiger partial charge in [-0.1, -0.05) is 6.42 Å². The number of hydrogen-bond donors (Lipinski definition) is 0. The van der Waals surface area contributed by atoms with E-state index in [1.165, 1.54) is 18.9 Å². The molecule has 0 aliphatic carbocycles. The molecule has 2 aliphatic heterocycles. The van der Waals surface area contributed by atoms with Crippen molar-refractivity contribution in [1.82, 2.24) is 14.5 Å². The van der Waals surface area contributed by atoms with Crippen molar-refractivity contribution in [2.45, 2.75) is 37.5 Å². The van der Waals surface area contributed by atoms with E-state index in [1.54, 1.807) is 27.7 Å².